The van der Waals surface area contributed by atoms with Gasteiger partial charge in [-0.25, -0.2) is 0 Å². The van der Waals surface area contributed by atoms with Crippen LogP contribution >= 0.6 is 11.6 Å². The van der Waals surface area contributed by atoms with Gasteiger partial charge < -0.3 is 0 Å². The van der Waals surface area contributed by atoms with Crippen molar-refractivity contribution in [3.63, 3.8) is 0 Å². The third kappa shape index (κ3) is 2.40. The van der Waals surface area contributed by atoms with E-state index in [4.69, 9.17) is 11.6 Å². The predicted octanol–water partition coefficient (Wildman–Crippen LogP) is 4.58. The highest BCUT2D eigenvalue weighted by atomic mass is 35.5. The maximum Gasteiger partial charge on any atom is 0.0406 e. The molecule has 2 aromatic carbocycles. The highest BCUT2D eigenvalue weighted by molar-refractivity contribution is 6.30. The van der Waals surface area contributed by atoms with Crippen LogP contribution in [-0.2, 0) is 0 Å². The average Bonchev–Trinajstić information content (AvgIpc) is 2.30. The van der Waals surface area contributed by atoms with E-state index in [1.807, 2.05) is 31.2 Å². The highest BCUT2D eigenvalue weighted by Crippen LogP contribution is 2.22. The molecule has 0 saturated heterocycles. The van der Waals surface area contributed by atoms with E-state index in [0.717, 1.165) is 5.02 Å². The summed E-state index contributed by atoms with van der Waals surface area (Å²) in [5.41, 5.74) is 3.66. The summed E-state index contributed by atoms with van der Waals surface area (Å²) in [5.74, 6) is 0. The lowest BCUT2D eigenvalue weighted by Crippen LogP contribution is -1.79. The van der Waals surface area contributed by atoms with Crippen LogP contribution in [0.25, 0.3) is 11.1 Å². The van der Waals surface area contributed by atoms with Crippen molar-refractivity contribution in [1.29, 1.82) is 0 Å². The minimum atomic E-state index is 0.775. The topological polar surface area (TPSA) is 0 Å². The molecule has 0 spiro atoms. The van der Waals surface area contributed by atoms with E-state index in [-0.39, 0.29) is 0 Å². The van der Waals surface area contributed by atoms with Gasteiger partial charge in [0.2, 0.25) is 0 Å². The van der Waals surface area contributed by atoms with Gasteiger partial charge in [0.15, 0.2) is 0 Å². The third-order valence-electron chi connectivity index (χ3n) is 2.42. The van der Waals surface area contributed by atoms with E-state index in [2.05, 4.69) is 30.7 Å². The largest absolute Gasteiger partial charge is 0.0843 e. The first-order chi connectivity index (χ1) is 7.29. The van der Waals surface area contributed by atoms with Gasteiger partial charge in [0, 0.05) is 5.02 Å². The monoisotopic (exact) mass is 215 g/mol. The third-order valence-corrected chi connectivity index (χ3v) is 2.67. The second-order valence-corrected chi connectivity index (χ2v) is 3.85. The van der Waals surface area contributed by atoms with Crippen LogP contribution in [0.15, 0.2) is 48.5 Å². The van der Waals surface area contributed by atoms with E-state index in [9.17, 15) is 0 Å². The molecule has 0 N–H and O–H groups in total. The molecule has 0 aliphatic heterocycles. The fraction of sp³-hybridized carbons (Fsp3) is 0.0714. The second-order valence-electron chi connectivity index (χ2n) is 3.42. The van der Waals surface area contributed by atoms with E-state index in [0.29, 0.717) is 0 Å². The molecule has 0 aliphatic carbocycles. The zero-order valence-electron chi connectivity index (χ0n) is 8.57. The summed E-state index contributed by atoms with van der Waals surface area (Å²) < 4.78 is 0. The van der Waals surface area contributed by atoms with Crippen LogP contribution in [0.3, 0.4) is 0 Å². The number of rotatable bonds is 2. The lowest BCUT2D eigenvalue weighted by atomic mass is 10.0. The molecular formula is C14H12Cl. The Balaban J connectivity index is 2.33. The van der Waals surface area contributed by atoms with Gasteiger partial charge >= 0.3 is 0 Å². The molecule has 0 bridgehead atoms. The van der Waals surface area contributed by atoms with E-state index in [1.54, 1.807) is 0 Å². The number of hydrogen-bond donors (Lipinski definition) is 0. The summed E-state index contributed by atoms with van der Waals surface area (Å²) in [6.45, 7) is 2.04. The summed E-state index contributed by atoms with van der Waals surface area (Å²) in [6.07, 6.45) is 2.09. The number of halogens is 1. The summed E-state index contributed by atoms with van der Waals surface area (Å²) in [5, 5.41) is 0.775. The zero-order valence-corrected chi connectivity index (χ0v) is 9.33. The molecule has 15 heavy (non-hydrogen) atoms. The first-order valence-electron chi connectivity index (χ1n) is 4.95. The van der Waals surface area contributed by atoms with Crippen LogP contribution in [0.1, 0.15) is 12.5 Å². The Morgan fingerprint density at radius 1 is 0.800 bits per heavy atom. The van der Waals surface area contributed by atoms with Gasteiger partial charge in [-0.2, -0.15) is 0 Å². The van der Waals surface area contributed by atoms with Gasteiger partial charge in [0.1, 0.15) is 0 Å². The molecule has 2 rings (SSSR count). The van der Waals surface area contributed by atoms with Crippen molar-refractivity contribution < 1.29 is 0 Å². The minimum Gasteiger partial charge on any atom is -0.0843 e. The average molecular weight is 216 g/mol. The Labute approximate surface area is 95.5 Å². The molecule has 1 heteroatoms. The standard InChI is InChI=1S/C14H12Cl/c1-2-11-3-5-12(6-4-11)13-7-9-14(15)10-8-13/h2-10H,1H3. The van der Waals surface area contributed by atoms with Crippen molar-refractivity contribution in [2.45, 2.75) is 6.92 Å². The Kier molecular flexibility index (Phi) is 3.08. The molecule has 0 amide bonds. The Morgan fingerprint density at radius 2 is 1.27 bits per heavy atom. The molecule has 0 aliphatic rings. The van der Waals surface area contributed by atoms with Crippen LogP contribution in [0, 0.1) is 6.42 Å². The van der Waals surface area contributed by atoms with Crippen molar-refractivity contribution in [3.05, 3.63) is 65.5 Å². The maximum absolute atomic E-state index is 5.84. The molecule has 0 atom stereocenters. The van der Waals surface area contributed by atoms with E-state index < -0.39 is 0 Å². The van der Waals surface area contributed by atoms with Gasteiger partial charge in [-0.1, -0.05) is 54.9 Å². The normalized spacial score (nSPS) is 10.3. The molecule has 0 unspecified atom stereocenters. The summed E-state index contributed by atoms with van der Waals surface area (Å²) in [6, 6.07) is 16.4. The van der Waals surface area contributed by atoms with E-state index in [1.165, 1.54) is 16.7 Å². The van der Waals surface area contributed by atoms with Gasteiger partial charge in [0.05, 0.1) is 0 Å². The SMILES string of the molecule is C[CH]c1ccc(-c2ccc(Cl)cc2)cc1. The molecule has 0 saturated carbocycles. The molecule has 0 nitrogen and oxygen atoms in total. The number of hydrogen-bond acceptors (Lipinski definition) is 0. The first kappa shape index (κ1) is 10.3. The van der Waals surface area contributed by atoms with Gasteiger partial charge in [0.25, 0.3) is 0 Å². The van der Waals surface area contributed by atoms with Crippen molar-refractivity contribution in [2.24, 2.45) is 0 Å². The van der Waals surface area contributed by atoms with Crippen molar-refractivity contribution in [1.82, 2.24) is 0 Å². The molecule has 0 heterocycles. The maximum atomic E-state index is 5.84. The molecule has 0 aromatic heterocycles. The molecule has 1 radical (unpaired) electrons. The Hall–Kier alpha value is -1.27. The minimum absolute atomic E-state index is 0.775. The van der Waals surface area contributed by atoms with E-state index >= 15 is 0 Å². The lowest BCUT2D eigenvalue weighted by molar-refractivity contribution is 1.42. The first-order valence-corrected chi connectivity index (χ1v) is 5.33. The fourth-order valence-electron chi connectivity index (χ4n) is 1.51. The van der Waals surface area contributed by atoms with Gasteiger partial charge in [-0.3, -0.25) is 0 Å². The fourth-order valence-corrected chi connectivity index (χ4v) is 1.64. The molecule has 75 valence electrons. The van der Waals surface area contributed by atoms with Crippen molar-refractivity contribution >= 4 is 11.6 Å². The Morgan fingerprint density at radius 3 is 1.73 bits per heavy atom. The number of benzene rings is 2. The lowest BCUT2D eigenvalue weighted by Gasteiger charge is -2.02. The van der Waals surface area contributed by atoms with Crippen LogP contribution in [0.2, 0.25) is 5.02 Å². The van der Waals surface area contributed by atoms with Gasteiger partial charge in [-0.05, 0) is 35.2 Å². The quantitative estimate of drug-likeness (QED) is 0.688. The summed E-state index contributed by atoms with van der Waals surface area (Å²) in [7, 11) is 0. The highest BCUT2D eigenvalue weighted by Gasteiger charge is 1.97. The molecule has 2 aromatic rings. The second kappa shape index (κ2) is 4.50. The van der Waals surface area contributed by atoms with Crippen molar-refractivity contribution in [2.75, 3.05) is 0 Å². The van der Waals surface area contributed by atoms with Crippen LogP contribution < -0.4 is 0 Å². The summed E-state index contributed by atoms with van der Waals surface area (Å²) in [4.78, 5) is 0. The molecular weight excluding hydrogens is 204 g/mol. The van der Waals surface area contributed by atoms with Crippen LogP contribution in [0.4, 0.5) is 0 Å². The zero-order chi connectivity index (χ0) is 10.7. The van der Waals surface area contributed by atoms with Crippen LogP contribution in [0.5, 0.6) is 0 Å². The van der Waals surface area contributed by atoms with Crippen molar-refractivity contribution in [3.8, 4) is 11.1 Å². The smallest absolute Gasteiger partial charge is 0.0406 e. The summed E-state index contributed by atoms with van der Waals surface area (Å²) >= 11 is 5.84. The van der Waals surface area contributed by atoms with Gasteiger partial charge in [-0.15, -0.1) is 0 Å². The predicted molar refractivity (Wildman–Crippen MR) is 66.0 cm³/mol. The van der Waals surface area contributed by atoms with Crippen LogP contribution in [-0.4, -0.2) is 0 Å². The molecule has 0 fully saturated rings. The Bertz CT molecular complexity index is 426.